The average molecular weight is 316 g/mol. The summed E-state index contributed by atoms with van der Waals surface area (Å²) in [6, 6.07) is 15.9. The van der Waals surface area contributed by atoms with E-state index in [-0.39, 0.29) is 0 Å². The standard InChI is InChI=1S/C19H16N4O/c1-2-11-23-17(6-1)21-22-19(23)15-10-9-14-4-3-5-16(18(14)20-15)24-12-13-7-8-13/h1-6,9-11,13H,7-8,12H2. The van der Waals surface area contributed by atoms with E-state index >= 15 is 0 Å². The van der Waals surface area contributed by atoms with Gasteiger partial charge >= 0.3 is 0 Å². The zero-order valence-electron chi connectivity index (χ0n) is 13.1. The van der Waals surface area contributed by atoms with Gasteiger partial charge in [0.25, 0.3) is 0 Å². The summed E-state index contributed by atoms with van der Waals surface area (Å²) in [6.45, 7) is 0.777. The number of pyridine rings is 2. The molecular weight excluding hydrogens is 300 g/mol. The Kier molecular flexibility index (Phi) is 2.98. The summed E-state index contributed by atoms with van der Waals surface area (Å²) in [5, 5.41) is 9.57. The van der Waals surface area contributed by atoms with Gasteiger partial charge in [-0.3, -0.25) is 4.40 Å². The van der Waals surface area contributed by atoms with Gasteiger partial charge in [-0.25, -0.2) is 4.98 Å². The Bertz CT molecular complexity index is 1040. The van der Waals surface area contributed by atoms with Gasteiger partial charge in [-0.1, -0.05) is 24.3 Å². The molecule has 0 saturated heterocycles. The zero-order valence-corrected chi connectivity index (χ0v) is 13.1. The maximum Gasteiger partial charge on any atom is 0.187 e. The molecule has 0 N–H and O–H groups in total. The van der Waals surface area contributed by atoms with E-state index in [1.54, 1.807) is 0 Å². The highest BCUT2D eigenvalue weighted by Crippen LogP contribution is 2.32. The SMILES string of the molecule is c1cc(OCC2CC2)c2nc(-c3nnc4ccccn34)ccc2c1. The molecule has 1 fully saturated rings. The molecule has 118 valence electrons. The van der Waals surface area contributed by atoms with Gasteiger partial charge in [0.2, 0.25) is 0 Å². The van der Waals surface area contributed by atoms with Gasteiger partial charge in [-0.05, 0) is 43.0 Å². The topological polar surface area (TPSA) is 52.3 Å². The van der Waals surface area contributed by atoms with Crippen molar-refractivity contribution < 1.29 is 4.74 Å². The lowest BCUT2D eigenvalue weighted by Gasteiger charge is -2.09. The molecule has 0 amide bonds. The molecule has 3 heterocycles. The number of fused-ring (bicyclic) bond motifs is 2. The fraction of sp³-hybridized carbons (Fsp3) is 0.211. The first-order chi connectivity index (χ1) is 11.9. The van der Waals surface area contributed by atoms with Crippen LogP contribution in [0.4, 0.5) is 0 Å². The monoisotopic (exact) mass is 316 g/mol. The van der Waals surface area contributed by atoms with Crippen molar-refractivity contribution in [2.45, 2.75) is 12.8 Å². The molecule has 1 aliphatic carbocycles. The second-order valence-electron chi connectivity index (χ2n) is 6.23. The fourth-order valence-corrected chi connectivity index (χ4v) is 2.87. The van der Waals surface area contributed by atoms with Gasteiger partial charge in [0.05, 0.1) is 6.61 Å². The van der Waals surface area contributed by atoms with Crippen LogP contribution in [0.5, 0.6) is 5.75 Å². The van der Waals surface area contributed by atoms with Crippen LogP contribution in [0.3, 0.4) is 0 Å². The van der Waals surface area contributed by atoms with Gasteiger partial charge in [0, 0.05) is 11.6 Å². The predicted octanol–water partition coefficient (Wildman–Crippen LogP) is 3.73. The van der Waals surface area contributed by atoms with Crippen LogP contribution in [0, 0.1) is 5.92 Å². The second-order valence-corrected chi connectivity index (χ2v) is 6.23. The molecule has 5 nitrogen and oxygen atoms in total. The molecule has 0 bridgehead atoms. The average Bonchev–Trinajstić information content (AvgIpc) is 3.36. The maximum absolute atomic E-state index is 6.00. The van der Waals surface area contributed by atoms with Gasteiger partial charge in [-0.2, -0.15) is 0 Å². The van der Waals surface area contributed by atoms with Crippen LogP contribution >= 0.6 is 0 Å². The smallest absolute Gasteiger partial charge is 0.187 e. The number of rotatable bonds is 4. The Hall–Kier alpha value is -2.95. The number of para-hydroxylation sites is 1. The highest BCUT2D eigenvalue weighted by atomic mass is 16.5. The number of benzene rings is 1. The van der Waals surface area contributed by atoms with Crippen LogP contribution in [0.1, 0.15) is 12.8 Å². The van der Waals surface area contributed by atoms with Crippen LogP contribution in [0.15, 0.2) is 54.7 Å². The molecule has 0 aliphatic heterocycles. The molecule has 1 aromatic carbocycles. The van der Waals surface area contributed by atoms with Crippen molar-refractivity contribution in [3.8, 4) is 17.3 Å². The molecule has 0 spiro atoms. The van der Waals surface area contributed by atoms with Gasteiger partial charge in [0.1, 0.15) is 17.0 Å². The Morgan fingerprint density at radius 2 is 1.96 bits per heavy atom. The van der Waals surface area contributed by atoms with Crippen molar-refractivity contribution >= 4 is 16.6 Å². The molecule has 4 aromatic rings. The van der Waals surface area contributed by atoms with Crippen LogP contribution in [0.25, 0.3) is 28.1 Å². The number of ether oxygens (including phenoxy) is 1. The third-order valence-corrected chi connectivity index (χ3v) is 4.40. The van der Waals surface area contributed by atoms with E-state index in [9.17, 15) is 0 Å². The molecule has 0 unspecified atom stereocenters. The number of hydrogen-bond acceptors (Lipinski definition) is 4. The maximum atomic E-state index is 6.00. The molecule has 5 heteroatoms. The second kappa shape index (κ2) is 5.30. The summed E-state index contributed by atoms with van der Waals surface area (Å²) in [6.07, 6.45) is 4.50. The van der Waals surface area contributed by atoms with Crippen molar-refractivity contribution in [3.63, 3.8) is 0 Å². The lowest BCUT2D eigenvalue weighted by molar-refractivity contribution is 0.302. The lowest BCUT2D eigenvalue weighted by atomic mass is 10.2. The van der Waals surface area contributed by atoms with E-state index in [1.165, 1.54) is 12.8 Å². The Labute approximate surface area is 138 Å². The van der Waals surface area contributed by atoms with Crippen molar-refractivity contribution in [2.24, 2.45) is 5.92 Å². The van der Waals surface area contributed by atoms with Gasteiger partial charge in [0.15, 0.2) is 11.5 Å². The molecule has 24 heavy (non-hydrogen) atoms. The number of nitrogens with zero attached hydrogens (tertiary/aromatic N) is 4. The molecular formula is C19H16N4O. The van der Waals surface area contributed by atoms with E-state index < -0.39 is 0 Å². The van der Waals surface area contributed by atoms with E-state index in [0.717, 1.165) is 40.4 Å². The van der Waals surface area contributed by atoms with Gasteiger partial charge < -0.3 is 4.74 Å². The fourth-order valence-electron chi connectivity index (χ4n) is 2.87. The Balaban J connectivity index is 1.62. The molecule has 0 radical (unpaired) electrons. The molecule has 1 aliphatic rings. The Morgan fingerprint density at radius 1 is 1.00 bits per heavy atom. The Morgan fingerprint density at radius 3 is 2.88 bits per heavy atom. The van der Waals surface area contributed by atoms with Gasteiger partial charge in [-0.15, -0.1) is 10.2 Å². The minimum Gasteiger partial charge on any atom is -0.491 e. The molecule has 3 aromatic heterocycles. The summed E-state index contributed by atoms with van der Waals surface area (Å²) in [7, 11) is 0. The van der Waals surface area contributed by atoms with Crippen LogP contribution in [-0.4, -0.2) is 26.2 Å². The van der Waals surface area contributed by atoms with Crippen LogP contribution < -0.4 is 4.74 Å². The summed E-state index contributed by atoms with van der Waals surface area (Å²) < 4.78 is 7.94. The molecule has 5 rings (SSSR count). The highest BCUT2D eigenvalue weighted by Gasteiger charge is 2.22. The van der Waals surface area contributed by atoms with E-state index in [4.69, 9.17) is 9.72 Å². The minimum absolute atomic E-state index is 0.712. The lowest BCUT2D eigenvalue weighted by Crippen LogP contribution is -2.00. The van der Waals surface area contributed by atoms with Crippen molar-refractivity contribution in [3.05, 3.63) is 54.7 Å². The summed E-state index contributed by atoms with van der Waals surface area (Å²) in [5.41, 5.74) is 2.49. The summed E-state index contributed by atoms with van der Waals surface area (Å²) in [4.78, 5) is 4.82. The zero-order chi connectivity index (χ0) is 15.9. The van der Waals surface area contributed by atoms with Crippen molar-refractivity contribution in [1.82, 2.24) is 19.6 Å². The molecule has 0 atom stereocenters. The first-order valence-corrected chi connectivity index (χ1v) is 8.21. The summed E-state index contributed by atoms with van der Waals surface area (Å²) >= 11 is 0. The van der Waals surface area contributed by atoms with Crippen LogP contribution in [-0.2, 0) is 0 Å². The number of hydrogen-bond donors (Lipinski definition) is 0. The largest absolute Gasteiger partial charge is 0.491 e. The van der Waals surface area contributed by atoms with E-state index in [0.29, 0.717) is 5.92 Å². The van der Waals surface area contributed by atoms with E-state index in [1.807, 2.05) is 47.0 Å². The predicted molar refractivity (Wildman–Crippen MR) is 91.9 cm³/mol. The third-order valence-electron chi connectivity index (χ3n) is 4.40. The minimum atomic E-state index is 0.712. The first-order valence-electron chi connectivity index (χ1n) is 8.21. The van der Waals surface area contributed by atoms with Crippen molar-refractivity contribution in [1.29, 1.82) is 0 Å². The van der Waals surface area contributed by atoms with Crippen LogP contribution in [0.2, 0.25) is 0 Å². The third kappa shape index (κ3) is 2.29. The highest BCUT2D eigenvalue weighted by molar-refractivity contribution is 5.86. The molecule has 1 saturated carbocycles. The van der Waals surface area contributed by atoms with Crippen molar-refractivity contribution in [2.75, 3.05) is 6.61 Å². The summed E-state index contributed by atoms with van der Waals surface area (Å²) in [5.74, 6) is 2.29. The number of aromatic nitrogens is 4. The van der Waals surface area contributed by atoms with E-state index in [2.05, 4.69) is 22.3 Å². The quantitative estimate of drug-likeness (QED) is 0.575. The first kappa shape index (κ1) is 13.5. The normalized spacial score (nSPS) is 14.3.